The fraction of sp³-hybridized carbons (Fsp3) is 0.571. The quantitative estimate of drug-likeness (QED) is 0.820. The summed E-state index contributed by atoms with van der Waals surface area (Å²) in [6.45, 7) is 5.75. The second kappa shape index (κ2) is 6.72. The molecular weight excluding hydrogens is 215 g/mol. The zero-order valence-electron chi connectivity index (χ0n) is 11.3. The summed E-state index contributed by atoms with van der Waals surface area (Å²) in [6.07, 6.45) is 1.08. The lowest BCUT2D eigenvalue weighted by Crippen LogP contribution is -2.28. The van der Waals surface area contributed by atoms with E-state index in [-0.39, 0.29) is 5.82 Å². The fourth-order valence-electron chi connectivity index (χ4n) is 1.80. The van der Waals surface area contributed by atoms with Crippen LogP contribution >= 0.6 is 0 Å². The van der Waals surface area contributed by atoms with Gasteiger partial charge in [0, 0.05) is 24.7 Å². The first kappa shape index (κ1) is 14.1. The van der Waals surface area contributed by atoms with Gasteiger partial charge in [-0.1, -0.05) is 19.1 Å². The van der Waals surface area contributed by atoms with Gasteiger partial charge in [-0.2, -0.15) is 0 Å². The topological polar surface area (TPSA) is 15.3 Å². The third kappa shape index (κ3) is 4.10. The van der Waals surface area contributed by atoms with E-state index in [0.717, 1.165) is 24.1 Å². The summed E-state index contributed by atoms with van der Waals surface area (Å²) < 4.78 is 13.7. The largest absolute Gasteiger partial charge is 0.316 e. The van der Waals surface area contributed by atoms with Gasteiger partial charge in [0.25, 0.3) is 0 Å². The molecule has 0 aromatic heterocycles. The van der Waals surface area contributed by atoms with Gasteiger partial charge >= 0.3 is 0 Å². The van der Waals surface area contributed by atoms with Crippen LogP contribution < -0.4 is 5.32 Å². The number of nitrogens with zero attached hydrogens (tertiary/aromatic N) is 1. The maximum Gasteiger partial charge on any atom is 0.127 e. The first-order chi connectivity index (χ1) is 8.08. The summed E-state index contributed by atoms with van der Waals surface area (Å²) in [7, 11) is 3.94. The minimum Gasteiger partial charge on any atom is -0.316 e. The first-order valence-electron chi connectivity index (χ1n) is 6.20. The fourth-order valence-corrected chi connectivity index (χ4v) is 1.80. The zero-order valence-corrected chi connectivity index (χ0v) is 11.3. The molecule has 0 radical (unpaired) electrons. The van der Waals surface area contributed by atoms with Crippen molar-refractivity contribution in [3.05, 3.63) is 35.1 Å². The first-order valence-corrected chi connectivity index (χ1v) is 6.20. The van der Waals surface area contributed by atoms with Gasteiger partial charge < -0.3 is 5.32 Å². The highest BCUT2D eigenvalue weighted by Crippen LogP contribution is 2.14. The SMILES string of the molecule is CCC(C)N(C)Cc1cc(CNC)ccc1F. The van der Waals surface area contributed by atoms with Crippen LogP contribution in [0.1, 0.15) is 31.4 Å². The smallest absolute Gasteiger partial charge is 0.127 e. The molecule has 1 rings (SSSR count). The van der Waals surface area contributed by atoms with E-state index in [2.05, 4.69) is 24.1 Å². The molecule has 1 unspecified atom stereocenters. The number of hydrogen-bond donors (Lipinski definition) is 1. The molecule has 1 N–H and O–H groups in total. The molecular formula is C14H23FN2. The van der Waals surface area contributed by atoms with E-state index in [1.54, 1.807) is 6.07 Å². The molecule has 0 heterocycles. The van der Waals surface area contributed by atoms with Gasteiger partial charge in [0.1, 0.15) is 5.82 Å². The minimum atomic E-state index is -0.111. The summed E-state index contributed by atoms with van der Waals surface area (Å²) in [6, 6.07) is 5.82. The number of benzene rings is 1. The van der Waals surface area contributed by atoms with Crippen LogP contribution in [0.5, 0.6) is 0 Å². The van der Waals surface area contributed by atoms with Crippen molar-refractivity contribution in [1.82, 2.24) is 10.2 Å². The summed E-state index contributed by atoms with van der Waals surface area (Å²) in [5, 5.41) is 3.08. The number of halogens is 1. The van der Waals surface area contributed by atoms with Crippen LogP contribution in [0.4, 0.5) is 4.39 Å². The van der Waals surface area contributed by atoms with E-state index in [4.69, 9.17) is 0 Å². The molecule has 0 aliphatic rings. The van der Waals surface area contributed by atoms with E-state index in [1.165, 1.54) is 0 Å². The van der Waals surface area contributed by atoms with Crippen LogP contribution in [-0.2, 0) is 13.1 Å². The molecule has 0 saturated carbocycles. The van der Waals surface area contributed by atoms with Gasteiger partial charge in [-0.3, -0.25) is 4.90 Å². The van der Waals surface area contributed by atoms with Crippen LogP contribution in [0.25, 0.3) is 0 Å². The second-order valence-corrected chi connectivity index (χ2v) is 4.63. The summed E-state index contributed by atoms with van der Waals surface area (Å²) in [5.41, 5.74) is 1.90. The van der Waals surface area contributed by atoms with Gasteiger partial charge in [-0.25, -0.2) is 4.39 Å². The molecule has 17 heavy (non-hydrogen) atoms. The molecule has 0 spiro atoms. The number of nitrogens with one attached hydrogen (secondary N) is 1. The van der Waals surface area contributed by atoms with Gasteiger partial charge in [0.05, 0.1) is 0 Å². The average molecular weight is 238 g/mol. The Labute approximate surface area is 104 Å². The average Bonchev–Trinajstić information content (AvgIpc) is 2.32. The van der Waals surface area contributed by atoms with Crippen molar-refractivity contribution in [1.29, 1.82) is 0 Å². The lowest BCUT2D eigenvalue weighted by atomic mass is 10.1. The molecule has 1 atom stereocenters. The lowest BCUT2D eigenvalue weighted by molar-refractivity contribution is 0.240. The van der Waals surface area contributed by atoms with Crippen molar-refractivity contribution >= 4 is 0 Å². The Kier molecular flexibility index (Phi) is 5.59. The molecule has 0 fully saturated rings. The van der Waals surface area contributed by atoms with Crippen LogP contribution in [0.15, 0.2) is 18.2 Å². The minimum absolute atomic E-state index is 0.111. The number of rotatable bonds is 6. The van der Waals surface area contributed by atoms with E-state index in [9.17, 15) is 4.39 Å². The molecule has 1 aromatic carbocycles. The van der Waals surface area contributed by atoms with Gasteiger partial charge in [-0.05, 0) is 39.1 Å². The van der Waals surface area contributed by atoms with Gasteiger partial charge in [-0.15, -0.1) is 0 Å². The third-order valence-electron chi connectivity index (χ3n) is 3.25. The van der Waals surface area contributed by atoms with Crippen molar-refractivity contribution < 1.29 is 4.39 Å². The Morgan fingerprint density at radius 3 is 2.71 bits per heavy atom. The van der Waals surface area contributed by atoms with Crippen LogP contribution in [-0.4, -0.2) is 25.0 Å². The maximum absolute atomic E-state index is 13.7. The molecule has 0 saturated heterocycles. The molecule has 3 heteroatoms. The Bertz CT molecular complexity index is 352. The highest BCUT2D eigenvalue weighted by atomic mass is 19.1. The zero-order chi connectivity index (χ0) is 12.8. The summed E-state index contributed by atoms with van der Waals surface area (Å²) in [5.74, 6) is -0.111. The Morgan fingerprint density at radius 1 is 1.41 bits per heavy atom. The van der Waals surface area contributed by atoms with Crippen LogP contribution in [0.2, 0.25) is 0 Å². The molecule has 0 bridgehead atoms. The molecule has 1 aromatic rings. The summed E-state index contributed by atoms with van der Waals surface area (Å²) >= 11 is 0. The lowest BCUT2D eigenvalue weighted by Gasteiger charge is -2.24. The van der Waals surface area contributed by atoms with Crippen molar-refractivity contribution in [2.24, 2.45) is 0 Å². The van der Waals surface area contributed by atoms with Crippen molar-refractivity contribution in [2.75, 3.05) is 14.1 Å². The molecule has 2 nitrogen and oxygen atoms in total. The highest BCUT2D eigenvalue weighted by molar-refractivity contribution is 5.25. The molecule has 0 aliphatic heterocycles. The monoisotopic (exact) mass is 238 g/mol. The Morgan fingerprint density at radius 2 is 2.12 bits per heavy atom. The standard InChI is InChI=1S/C14H23FN2/c1-5-11(2)17(4)10-13-8-12(9-16-3)6-7-14(13)15/h6-8,11,16H,5,9-10H2,1-4H3. The van der Waals surface area contributed by atoms with Crippen molar-refractivity contribution in [2.45, 2.75) is 39.4 Å². The maximum atomic E-state index is 13.7. The van der Waals surface area contributed by atoms with E-state index < -0.39 is 0 Å². The second-order valence-electron chi connectivity index (χ2n) is 4.63. The van der Waals surface area contributed by atoms with Crippen molar-refractivity contribution in [3.8, 4) is 0 Å². The Hall–Kier alpha value is -0.930. The van der Waals surface area contributed by atoms with Crippen LogP contribution in [0.3, 0.4) is 0 Å². The third-order valence-corrected chi connectivity index (χ3v) is 3.25. The van der Waals surface area contributed by atoms with Crippen LogP contribution in [0, 0.1) is 5.82 Å². The van der Waals surface area contributed by atoms with E-state index in [0.29, 0.717) is 12.6 Å². The summed E-state index contributed by atoms with van der Waals surface area (Å²) in [4.78, 5) is 2.18. The highest BCUT2D eigenvalue weighted by Gasteiger charge is 2.10. The van der Waals surface area contributed by atoms with Gasteiger partial charge in [0.15, 0.2) is 0 Å². The normalized spacial score (nSPS) is 13.1. The molecule has 0 amide bonds. The predicted molar refractivity (Wildman–Crippen MR) is 70.4 cm³/mol. The van der Waals surface area contributed by atoms with Crippen molar-refractivity contribution in [3.63, 3.8) is 0 Å². The predicted octanol–water partition coefficient (Wildman–Crippen LogP) is 2.78. The van der Waals surface area contributed by atoms with Gasteiger partial charge in [0.2, 0.25) is 0 Å². The molecule has 0 aliphatic carbocycles. The Balaban J connectivity index is 2.78. The van der Waals surface area contributed by atoms with E-state index >= 15 is 0 Å². The number of hydrogen-bond acceptors (Lipinski definition) is 2. The molecule has 96 valence electrons. The van der Waals surface area contributed by atoms with E-state index in [1.807, 2.05) is 26.2 Å².